The molecule has 102 valence electrons. The Hall–Kier alpha value is -2.06. The smallest absolute Gasteiger partial charge is 0.135 e. The fourth-order valence-corrected chi connectivity index (χ4v) is 3.17. The van der Waals surface area contributed by atoms with Crippen molar-refractivity contribution in [1.29, 1.82) is 0 Å². The minimum absolute atomic E-state index is 0.882. The van der Waals surface area contributed by atoms with Crippen molar-refractivity contribution in [3.8, 4) is 22.6 Å². The molecule has 0 spiro atoms. The lowest BCUT2D eigenvalue weighted by atomic mass is 9.93. The summed E-state index contributed by atoms with van der Waals surface area (Å²) in [5.74, 6) is 1.85. The van der Waals surface area contributed by atoms with E-state index in [0.29, 0.717) is 0 Å². The Labute approximate surface area is 132 Å². The predicted octanol–water partition coefficient (Wildman–Crippen LogP) is 5.81. The summed E-state index contributed by atoms with van der Waals surface area (Å²) in [6, 6.07) is 22.9. The van der Waals surface area contributed by atoms with Crippen LogP contribution in [0.15, 0.2) is 71.2 Å². The second-order valence-corrected chi connectivity index (χ2v) is 6.10. The molecule has 0 aromatic heterocycles. The van der Waals surface area contributed by atoms with Crippen molar-refractivity contribution in [2.24, 2.45) is 0 Å². The van der Waals surface area contributed by atoms with Crippen molar-refractivity contribution in [3.05, 3.63) is 82.3 Å². The minimum Gasteiger partial charge on any atom is -0.456 e. The predicted molar refractivity (Wildman–Crippen MR) is 88.9 cm³/mol. The van der Waals surface area contributed by atoms with Gasteiger partial charge in [-0.15, -0.1) is 0 Å². The quantitative estimate of drug-likeness (QED) is 0.393. The van der Waals surface area contributed by atoms with Crippen molar-refractivity contribution in [2.75, 3.05) is 0 Å². The summed E-state index contributed by atoms with van der Waals surface area (Å²) < 4.78 is 7.25. The monoisotopic (exact) mass is 336 g/mol. The third kappa shape index (κ3) is 2.26. The molecule has 0 unspecified atom stereocenters. The van der Waals surface area contributed by atoms with Crippen LogP contribution in [0.4, 0.5) is 0 Å². The molecule has 0 aliphatic carbocycles. The highest BCUT2D eigenvalue weighted by molar-refractivity contribution is 9.10. The maximum Gasteiger partial charge on any atom is 0.135 e. The number of halogens is 1. The number of fused-ring (bicyclic) bond motifs is 4. The summed E-state index contributed by atoms with van der Waals surface area (Å²) in [6.45, 7) is 0. The van der Waals surface area contributed by atoms with Gasteiger partial charge in [0.15, 0.2) is 0 Å². The zero-order valence-electron chi connectivity index (χ0n) is 11.3. The lowest BCUT2D eigenvalue weighted by Crippen LogP contribution is -2.00. The van der Waals surface area contributed by atoms with Gasteiger partial charge in [0.25, 0.3) is 0 Å². The van der Waals surface area contributed by atoms with Crippen LogP contribution in [0, 0.1) is 0 Å². The number of hydrogen-bond acceptors (Lipinski definition) is 1. The molecular weight excluding hydrogens is 324 g/mol. The van der Waals surface area contributed by atoms with Crippen LogP contribution in [-0.2, 0) is 6.42 Å². The number of ether oxygens (including phenoxy) is 1. The summed E-state index contributed by atoms with van der Waals surface area (Å²) in [4.78, 5) is 0. The lowest BCUT2D eigenvalue weighted by molar-refractivity contribution is 0.478. The third-order valence-electron chi connectivity index (χ3n) is 3.82. The number of para-hydroxylation sites is 2. The molecule has 2 heteroatoms. The van der Waals surface area contributed by atoms with E-state index in [4.69, 9.17) is 4.74 Å². The Morgan fingerprint density at radius 1 is 0.714 bits per heavy atom. The van der Waals surface area contributed by atoms with E-state index < -0.39 is 0 Å². The SMILES string of the molecule is Brc1ccc2c(c1)-c1ccccc1Oc1ccccc1C2. The van der Waals surface area contributed by atoms with Crippen LogP contribution in [0.2, 0.25) is 0 Å². The van der Waals surface area contributed by atoms with Gasteiger partial charge in [-0.05, 0) is 41.0 Å². The Balaban J connectivity index is 2.02. The topological polar surface area (TPSA) is 9.23 Å². The number of hydrogen-bond donors (Lipinski definition) is 0. The van der Waals surface area contributed by atoms with E-state index in [2.05, 4.69) is 58.4 Å². The normalized spacial score (nSPS) is 12.2. The summed E-state index contributed by atoms with van der Waals surface area (Å²) in [7, 11) is 0. The van der Waals surface area contributed by atoms with Crippen molar-refractivity contribution in [1.82, 2.24) is 0 Å². The van der Waals surface area contributed by atoms with Gasteiger partial charge in [0.2, 0.25) is 0 Å². The fraction of sp³-hybridized carbons (Fsp3) is 0.0526. The average Bonchev–Trinajstić information content (AvgIpc) is 2.50. The highest BCUT2D eigenvalue weighted by Gasteiger charge is 2.17. The van der Waals surface area contributed by atoms with Crippen LogP contribution in [-0.4, -0.2) is 0 Å². The van der Waals surface area contributed by atoms with Crippen molar-refractivity contribution in [3.63, 3.8) is 0 Å². The molecule has 1 heterocycles. The van der Waals surface area contributed by atoms with Gasteiger partial charge in [-0.25, -0.2) is 0 Å². The van der Waals surface area contributed by atoms with Crippen molar-refractivity contribution >= 4 is 15.9 Å². The first-order valence-electron chi connectivity index (χ1n) is 6.95. The van der Waals surface area contributed by atoms with Crippen molar-refractivity contribution in [2.45, 2.75) is 6.42 Å². The van der Waals surface area contributed by atoms with E-state index in [1.807, 2.05) is 24.3 Å². The van der Waals surface area contributed by atoms with Crippen LogP contribution < -0.4 is 4.74 Å². The van der Waals surface area contributed by atoms with Gasteiger partial charge in [-0.2, -0.15) is 0 Å². The van der Waals surface area contributed by atoms with E-state index in [9.17, 15) is 0 Å². The first-order chi connectivity index (χ1) is 10.3. The fourth-order valence-electron chi connectivity index (χ4n) is 2.80. The molecule has 0 saturated heterocycles. The molecule has 0 radical (unpaired) electrons. The summed E-state index contributed by atoms with van der Waals surface area (Å²) in [6.07, 6.45) is 0.882. The second kappa shape index (κ2) is 5.05. The Kier molecular flexibility index (Phi) is 3.04. The van der Waals surface area contributed by atoms with Gasteiger partial charge in [0, 0.05) is 16.5 Å². The lowest BCUT2D eigenvalue weighted by Gasteiger charge is -2.20. The maximum atomic E-state index is 6.16. The molecule has 1 aliphatic rings. The van der Waals surface area contributed by atoms with Gasteiger partial charge in [-0.1, -0.05) is 58.4 Å². The Morgan fingerprint density at radius 3 is 2.38 bits per heavy atom. The molecule has 3 aromatic carbocycles. The van der Waals surface area contributed by atoms with Crippen LogP contribution >= 0.6 is 15.9 Å². The molecule has 3 aromatic rings. The molecular formula is C19H13BrO. The van der Waals surface area contributed by atoms with Gasteiger partial charge in [0.05, 0.1) is 0 Å². The molecule has 0 fully saturated rings. The summed E-state index contributed by atoms with van der Waals surface area (Å²) in [5, 5.41) is 0. The Bertz CT molecular complexity index is 823. The second-order valence-electron chi connectivity index (χ2n) is 5.18. The molecule has 0 amide bonds. The van der Waals surface area contributed by atoms with Crippen LogP contribution in [0.25, 0.3) is 11.1 Å². The largest absolute Gasteiger partial charge is 0.456 e. The molecule has 21 heavy (non-hydrogen) atoms. The van der Waals surface area contributed by atoms with E-state index in [1.165, 1.54) is 16.7 Å². The van der Waals surface area contributed by atoms with Gasteiger partial charge in [-0.3, -0.25) is 0 Å². The number of benzene rings is 3. The Morgan fingerprint density at radius 2 is 1.48 bits per heavy atom. The van der Waals surface area contributed by atoms with E-state index in [-0.39, 0.29) is 0 Å². The van der Waals surface area contributed by atoms with Crippen LogP contribution in [0.1, 0.15) is 11.1 Å². The first kappa shape index (κ1) is 12.7. The highest BCUT2D eigenvalue weighted by atomic mass is 79.9. The van der Waals surface area contributed by atoms with Gasteiger partial charge in [0.1, 0.15) is 11.5 Å². The summed E-state index contributed by atoms with van der Waals surface area (Å²) in [5.41, 5.74) is 4.91. The van der Waals surface area contributed by atoms with Crippen molar-refractivity contribution < 1.29 is 4.74 Å². The van der Waals surface area contributed by atoms with Gasteiger partial charge >= 0.3 is 0 Å². The van der Waals surface area contributed by atoms with Crippen LogP contribution in [0.3, 0.4) is 0 Å². The molecule has 1 aliphatic heterocycles. The molecule has 0 bridgehead atoms. The van der Waals surface area contributed by atoms with E-state index >= 15 is 0 Å². The number of rotatable bonds is 0. The molecule has 0 atom stereocenters. The first-order valence-corrected chi connectivity index (χ1v) is 7.74. The highest BCUT2D eigenvalue weighted by Crippen LogP contribution is 2.40. The van der Waals surface area contributed by atoms with Gasteiger partial charge < -0.3 is 4.74 Å². The summed E-state index contributed by atoms with van der Waals surface area (Å²) >= 11 is 3.58. The zero-order valence-corrected chi connectivity index (χ0v) is 12.9. The standard InChI is InChI=1S/C19H13BrO/c20-15-10-9-13-11-14-5-1-3-7-18(14)21-19-8-4-2-6-16(19)17(13)12-15/h1-10,12H,11H2. The molecule has 4 rings (SSSR count). The maximum absolute atomic E-state index is 6.16. The van der Waals surface area contributed by atoms with Crippen LogP contribution in [0.5, 0.6) is 11.5 Å². The zero-order chi connectivity index (χ0) is 14.2. The molecule has 0 N–H and O–H groups in total. The minimum atomic E-state index is 0.882. The van der Waals surface area contributed by atoms with E-state index in [1.54, 1.807) is 0 Å². The average molecular weight is 337 g/mol. The van der Waals surface area contributed by atoms with E-state index in [0.717, 1.165) is 28.0 Å². The molecule has 0 saturated carbocycles. The molecule has 1 nitrogen and oxygen atoms in total. The third-order valence-corrected chi connectivity index (χ3v) is 4.32.